The van der Waals surface area contributed by atoms with Crippen LogP contribution in [0.3, 0.4) is 0 Å². The smallest absolute Gasteiger partial charge is 0.252 e. The number of nitrogens with zero attached hydrogens (tertiary/aromatic N) is 1. The Hall–Kier alpha value is -2.45. The zero-order valence-corrected chi connectivity index (χ0v) is 22.3. The number of aliphatic hydroxyl groups is 1. The second kappa shape index (κ2) is 14.3. The Kier molecular flexibility index (Phi) is 11.2. The van der Waals surface area contributed by atoms with E-state index in [2.05, 4.69) is 59.0 Å². The van der Waals surface area contributed by atoms with Gasteiger partial charge in [0.05, 0.1) is 18.8 Å². The van der Waals surface area contributed by atoms with E-state index in [0.717, 1.165) is 30.4 Å². The molecule has 2 aromatic rings. The third-order valence-corrected chi connectivity index (χ3v) is 6.39. The Labute approximate surface area is 219 Å². The zero-order valence-electron chi connectivity index (χ0n) is 21.5. The number of carbonyl (C=O) groups excluding carboxylic acids is 1. The molecular formula is C28H39ClN4O3. The summed E-state index contributed by atoms with van der Waals surface area (Å²) in [5.41, 5.74) is 3.89. The van der Waals surface area contributed by atoms with Gasteiger partial charge in [0.1, 0.15) is 11.0 Å². The lowest BCUT2D eigenvalue weighted by Gasteiger charge is -2.23. The number of carbonyl (C=O) groups is 1. The van der Waals surface area contributed by atoms with Crippen LogP contribution in [0.4, 0.5) is 5.82 Å². The first-order valence-corrected chi connectivity index (χ1v) is 13.1. The number of amides is 1. The highest BCUT2D eigenvalue weighted by Gasteiger charge is 2.21. The van der Waals surface area contributed by atoms with Crippen molar-refractivity contribution in [1.29, 1.82) is 0 Å². The summed E-state index contributed by atoms with van der Waals surface area (Å²) in [6.07, 6.45) is 3.68. The van der Waals surface area contributed by atoms with Gasteiger partial charge >= 0.3 is 0 Å². The van der Waals surface area contributed by atoms with Gasteiger partial charge in [-0.15, -0.1) is 0 Å². The van der Waals surface area contributed by atoms with E-state index in [4.69, 9.17) is 16.3 Å². The summed E-state index contributed by atoms with van der Waals surface area (Å²) in [5.74, 6) is 0.692. The lowest BCUT2D eigenvalue weighted by Crippen LogP contribution is -2.46. The van der Waals surface area contributed by atoms with Crippen molar-refractivity contribution in [1.82, 2.24) is 15.6 Å². The highest BCUT2D eigenvalue weighted by atomic mass is 35.5. The number of hydrogen-bond acceptors (Lipinski definition) is 6. The predicted octanol–water partition coefficient (Wildman–Crippen LogP) is 4.67. The summed E-state index contributed by atoms with van der Waals surface area (Å²) in [4.78, 5) is 17.4. The number of hydrogen-bond donors (Lipinski definition) is 4. The number of aliphatic hydroxyl groups excluding tert-OH is 1. The summed E-state index contributed by atoms with van der Waals surface area (Å²) >= 11 is 6.18. The first-order valence-electron chi connectivity index (χ1n) is 12.8. The van der Waals surface area contributed by atoms with Gasteiger partial charge in [-0.3, -0.25) is 4.79 Å². The van der Waals surface area contributed by atoms with Gasteiger partial charge in [-0.1, -0.05) is 61.4 Å². The second-order valence-electron chi connectivity index (χ2n) is 9.67. The van der Waals surface area contributed by atoms with Crippen molar-refractivity contribution >= 4 is 23.3 Å². The maximum atomic E-state index is 13.1. The molecular weight excluding hydrogens is 476 g/mol. The molecule has 36 heavy (non-hydrogen) atoms. The van der Waals surface area contributed by atoms with Crippen molar-refractivity contribution in [2.24, 2.45) is 0 Å². The molecule has 2 bridgehead atoms. The topological polar surface area (TPSA) is 95.5 Å². The number of benzene rings is 1. The lowest BCUT2D eigenvalue weighted by molar-refractivity contribution is 0.0872. The molecule has 0 aliphatic carbocycles. The van der Waals surface area contributed by atoms with Crippen molar-refractivity contribution in [3.8, 4) is 0 Å². The highest BCUT2D eigenvalue weighted by Crippen LogP contribution is 2.17. The largest absolute Gasteiger partial charge is 0.389 e. The molecule has 2 atom stereocenters. The molecule has 1 aromatic carbocycles. The Morgan fingerprint density at radius 2 is 2.06 bits per heavy atom. The lowest BCUT2D eigenvalue weighted by atomic mass is 10.0. The Morgan fingerprint density at radius 3 is 2.86 bits per heavy atom. The fourth-order valence-corrected chi connectivity index (χ4v) is 4.24. The standard InChI is InChI=1S/C28H39ClN4O3/c1-19(2)22-8-6-7-21(14-22)17-30-18-25(34)24-13-20(3)9-12-36-11-5-4-10-31-27-16-23(28(35)32-24)15-26(29)33-27/h6-8,13-16,19,24-25,30,34H,4-5,9-12,17-18H2,1-3H3,(H,31,33)(H,32,35)/b20-13+/t24-,25+/m0/s1. The molecule has 0 saturated carbocycles. The van der Waals surface area contributed by atoms with E-state index in [9.17, 15) is 9.90 Å². The van der Waals surface area contributed by atoms with Crippen molar-refractivity contribution in [3.05, 3.63) is 69.9 Å². The van der Waals surface area contributed by atoms with E-state index >= 15 is 0 Å². The van der Waals surface area contributed by atoms with Crippen LogP contribution in [0.25, 0.3) is 0 Å². The third-order valence-electron chi connectivity index (χ3n) is 6.20. The van der Waals surface area contributed by atoms with E-state index in [1.807, 2.05) is 13.0 Å². The quantitative estimate of drug-likeness (QED) is 0.330. The van der Waals surface area contributed by atoms with Crippen molar-refractivity contribution in [3.63, 3.8) is 0 Å². The molecule has 196 valence electrons. The molecule has 0 unspecified atom stereocenters. The minimum absolute atomic E-state index is 0.240. The van der Waals surface area contributed by atoms with Crippen LogP contribution in [0, 0.1) is 0 Å². The molecule has 3 rings (SSSR count). The van der Waals surface area contributed by atoms with Gasteiger partial charge in [0.25, 0.3) is 5.91 Å². The molecule has 0 radical (unpaired) electrons. The first-order chi connectivity index (χ1) is 17.3. The molecule has 1 aromatic heterocycles. The van der Waals surface area contributed by atoms with Crippen LogP contribution in [0.2, 0.25) is 5.15 Å². The SMILES string of the molecule is C/C1=C\[C@@H]([C@H](O)CNCc2cccc(C(C)C)c2)NC(=O)c2cc(Cl)nc(c2)NCCCCOCC1. The highest BCUT2D eigenvalue weighted by molar-refractivity contribution is 6.29. The minimum atomic E-state index is -0.827. The number of aromatic nitrogens is 1. The Morgan fingerprint density at radius 1 is 1.22 bits per heavy atom. The molecule has 1 amide bonds. The molecule has 0 fully saturated rings. The van der Waals surface area contributed by atoms with Crippen LogP contribution in [0.1, 0.15) is 67.4 Å². The molecule has 8 heteroatoms. The van der Waals surface area contributed by atoms with E-state index in [0.29, 0.717) is 50.1 Å². The normalized spacial score (nSPS) is 20.2. The summed E-state index contributed by atoms with van der Waals surface area (Å²) in [7, 11) is 0. The number of ether oxygens (including phenoxy) is 1. The molecule has 1 aliphatic rings. The van der Waals surface area contributed by atoms with Gasteiger partial charge in [-0.2, -0.15) is 0 Å². The van der Waals surface area contributed by atoms with Gasteiger partial charge in [0, 0.05) is 31.8 Å². The van der Waals surface area contributed by atoms with Gasteiger partial charge in [-0.25, -0.2) is 4.98 Å². The Balaban J connectivity index is 1.72. The molecule has 0 spiro atoms. The molecule has 2 heterocycles. The van der Waals surface area contributed by atoms with Crippen LogP contribution in [-0.4, -0.2) is 54.4 Å². The summed E-state index contributed by atoms with van der Waals surface area (Å²) in [6, 6.07) is 11.1. The number of fused-ring (bicyclic) bond motifs is 2. The van der Waals surface area contributed by atoms with E-state index in [-0.39, 0.29) is 11.1 Å². The second-order valence-corrected chi connectivity index (χ2v) is 10.1. The van der Waals surface area contributed by atoms with E-state index in [1.54, 1.807) is 12.1 Å². The number of halogens is 1. The molecule has 7 nitrogen and oxygen atoms in total. The van der Waals surface area contributed by atoms with Crippen LogP contribution in [0.15, 0.2) is 48.0 Å². The number of rotatable bonds is 6. The molecule has 4 N–H and O–H groups in total. The zero-order chi connectivity index (χ0) is 25.9. The van der Waals surface area contributed by atoms with Crippen molar-refractivity contribution in [2.75, 3.05) is 31.6 Å². The Bertz CT molecular complexity index is 1030. The average Bonchev–Trinajstić information content (AvgIpc) is 2.84. The van der Waals surface area contributed by atoms with Crippen LogP contribution in [0.5, 0.6) is 0 Å². The minimum Gasteiger partial charge on any atom is -0.389 e. The fourth-order valence-electron chi connectivity index (χ4n) is 4.03. The predicted molar refractivity (Wildman–Crippen MR) is 146 cm³/mol. The third kappa shape index (κ3) is 9.21. The van der Waals surface area contributed by atoms with Crippen LogP contribution < -0.4 is 16.0 Å². The number of pyridine rings is 1. The van der Waals surface area contributed by atoms with E-state index < -0.39 is 12.1 Å². The van der Waals surface area contributed by atoms with Crippen molar-refractivity contribution < 1.29 is 14.6 Å². The van der Waals surface area contributed by atoms with Crippen molar-refractivity contribution in [2.45, 2.75) is 64.6 Å². The van der Waals surface area contributed by atoms with Gasteiger partial charge in [-0.05, 0) is 55.4 Å². The maximum absolute atomic E-state index is 13.1. The molecule has 0 saturated heterocycles. The van der Waals surface area contributed by atoms with Gasteiger partial charge in [0.15, 0.2) is 0 Å². The number of anilines is 1. The van der Waals surface area contributed by atoms with Gasteiger partial charge < -0.3 is 25.8 Å². The van der Waals surface area contributed by atoms with Crippen LogP contribution >= 0.6 is 11.6 Å². The summed E-state index contributed by atoms with van der Waals surface area (Å²) in [6.45, 7) is 9.29. The summed E-state index contributed by atoms with van der Waals surface area (Å²) < 4.78 is 5.76. The monoisotopic (exact) mass is 514 g/mol. The number of nitrogens with one attached hydrogen (secondary N) is 3. The average molecular weight is 515 g/mol. The first kappa shape index (κ1) is 28.1. The summed E-state index contributed by atoms with van der Waals surface area (Å²) in [5, 5.41) is 20.8. The molecule has 1 aliphatic heterocycles. The fraction of sp³-hybridized carbons (Fsp3) is 0.500. The maximum Gasteiger partial charge on any atom is 0.252 e. The van der Waals surface area contributed by atoms with Crippen LogP contribution in [-0.2, 0) is 11.3 Å². The van der Waals surface area contributed by atoms with Gasteiger partial charge in [0.2, 0.25) is 0 Å². The van der Waals surface area contributed by atoms with E-state index in [1.165, 1.54) is 5.56 Å².